The highest BCUT2D eigenvalue weighted by molar-refractivity contribution is 6.96. The molecule has 0 heterocycles. The third kappa shape index (κ3) is 3.10. The maximum absolute atomic E-state index is 2.64. The molecule has 2 atom stereocenters. The van der Waals surface area contributed by atoms with Crippen LogP contribution in [0.3, 0.4) is 0 Å². The van der Waals surface area contributed by atoms with Crippen LogP contribution in [0.2, 0.25) is 13.1 Å². The summed E-state index contributed by atoms with van der Waals surface area (Å²) >= 11 is 0. The van der Waals surface area contributed by atoms with Crippen LogP contribution in [0, 0.1) is 0 Å². The molecule has 2 aliphatic carbocycles. The van der Waals surface area contributed by atoms with Crippen LogP contribution in [0.15, 0.2) is 59.7 Å². The average molecular weight is 401 g/mol. The summed E-state index contributed by atoms with van der Waals surface area (Å²) in [7, 11) is -1.79. The third-order valence-electron chi connectivity index (χ3n) is 7.47. The van der Waals surface area contributed by atoms with Gasteiger partial charge in [-0.1, -0.05) is 105 Å². The number of hydrogen-bond donors (Lipinski definition) is 0. The Morgan fingerprint density at radius 2 is 1.38 bits per heavy atom. The summed E-state index contributed by atoms with van der Waals surface area (Å²) < 4.78 is 0. The van der Waals surface area contributed by atoms with Gasteiger partial charge in [0.2, 0.25) is 0 Å². The number of fused-ring (bicyclic) bond motifs is 2. The molecule has 0 radical (unpaired) electrons. The summed E-state index contributed by atoms with van der Waals surface area (Å²) in [6.45, 7) is 14.8. The SMILES string of the molecule is CCCC1=C(C)C([Si](C)(C)C2=C(C)C(CCC)c3ccccc32)c2ccccc21. The maximum Gasteiger partial charge on any atom is 0.0930 e. The lowest BCUT2D eigenvalue weighted by Crippen LogP contribution is -2.37. The average Bonchev–Trinajstić information content (AvgIpc) is 3.15. The summed E-state index contributed by atoms with van der Waals surface area (Å²) in [5.74, 6) is 0.619. The van der Waals surface area contributed by atoms with Gasteiger partial charge in [0.1, 0.15) is 0 Å². The van der Waals surface area contributed by atoms with E-state index in [0.29, 0.717) is 11.5 Å². The lowest BCUT2D eigenvalue weighted by molar-refractivity contribution is 0.697. The zero-order chi connectivity index (χ0) is 20.8. The predicted molar refractivity (Wildman–Crippen MR) is 131 cm³/mol. The second-order valence-electron chi connectivity index (χ2n) is 9.64. The van der Waals surface area contributed by atoms with E-state index < -0.39 is 8.07 Å². The first-order valence-corrected chi connectivity index (χ1v) is 14.6. The van der Waals surface area contributed by atoms with Gasteiger partial charge in [0.05, 0.1) is 8.07 Å². The second kappa shape index (κ2) is 7.76. The minimum absolute atomic E-state index is 0.596. The van der Waals surface area contributed by atoms with Crippen molar-refractivity contribution in [3.05, 3.63) is 81.9 Å². The molecule has 2 unspecified atom stereocenters. The molecule has 0 N–H and O–H groups in total. The third-order valence-corrected chi connectivity index (χ3v) is 11.6. The van der Waals surface area contributed by atoms with E-state index in [9.17, 15) is 0 Å². The molecule has 2 aliphatic rings. The van der Waals surface area contributed by atoms with E-state index in [1.807, 2.05) is 0 Å². The fourth-order valence-electron chi connectivity index (χ4n) is 6.46. The number of benzene rings is 2. The summed E-state index contributed by atoms with van der Waals surface area (Å²) in [6, 6.07) is 18.6. The van der Waals surface area contributed by atoms with Crippen LogP contribution < -0.4 is 0 Å². The Labute approximate surface area is 178 Å². The van der Waals surface area contributed by atoms with Crippen molar-refractivity contribution in [2.24, 2.45) is 0 Å². The van der Waals surface area contributed by atoms with Gasteiger partial charge in [0, 0.05) is 11.5 Å². The lowest BCUT2D eigenvalue weighted by atomic mass is 9.92. The first-order chi connectivity index (χ1) is 13.9. The predicted octanol–water partition coefficient (Wildman–Crippen LogP) is 8.52. The van der Waals surface area contributed by atoms with E-state index in [4.69, 9.17) is 0 Å². The van der Waals surface area contributed by atoms with Gasteiger partial charge < -0.3 is 0 Å². The highest BCUT2D eigenvalue weighted by atomic mass is 28.3. The molecule has 0 saturated heterocycles. The first-order valence-electron chi connectivity index (χ1n) is 11.5. The Hall–Kier alpha value is -1.86. The van der Waals surface area contributed by atoms with Gasteiger partial charge in [0.25, 0.3) is 0 Å². The standard InChI is InChI=1S/C28H36Si/c1-7-13-21-19(3)27(25-17-11-9-15-23(21)25)29(5,6)28-20(4)22(14-8-2)24-16-10-12-18-26(24)28/h9-12,15-18,21,28H,7-8,13-14H2,1-6H3. The van der Waals surface area contributed by atoms with E-state index in [1.165, 1.54) is 31.2 Å². The smallest absolute Gasteiger partial charge is 0.0659 e. The van der Waals surface area contributed by atoms with Gasteiger partial charge in [-0.3, -0.25) is 0 Å². The van der Waals surface area contributed by atoms with E-state index in [0.717, 1.165) is 0 Å². The Kier molecular flexibility index (Phi) is 5.46. The van der Waals surface area contributed by atoms with Gasteiger partial charge in [-0.2, -0.15) is 0 Å². The topological polar surface area (TPSA) is 0 Å². The zero-order valence-corrected chi connectivity index (χ0v) is 20.1. The van der Waals surface area contributed by atoms with Crippen molar-refractivity contribution in [3.63, 3.8) is 0 Å². The Morgan fingerprint density at radius 1 is 0.759 bits per heavy atom. The minimum atomic E-state index is -1.79. The maximum atomic E-state index is 2.64. The molecule has 29 heavy (non-hydrogen) atoms. The molecular formula is C28H36Si. The van der Waals surface area contributed by atoms with E-state index in [1.54, 1.807) is 38.6 Å². The molecule has 0 fully saturated rings. The molecule has 152 valence electrons. The molecular weight excluding hydrogens is 364 g/mol. The van der Waals surface area contributed by atoms with Gasteiger partial charge in [0.15, 0.2) is 0 Å². The van der Waals surface area contributed by atoms with Crippen molar-refractivity contribution < 1.29 is 0 Å². The van der Waals surface area contributed by atoms with Gasteiger partial charge >= 0.3 is 0 Å². The molecule has 0 saturated carbocycles. The highest BCUT2D eigenvalue weighted by Gasteiger charge is 2.46. The van der Waals surface area contributed by atoms with Crippen molar-refractivity contribution >= 4 is 18.8 Å². The van der Waals surface area contributed by atoms with Gasteiger partial charge in [-0.15, -0.1) is 0 Å². The fourth-order valence-corrected chi connectivity index (χ4v) is 11.2. The normalized spacial score (nSPS) is 21.0. The van der Waals surface area contributed by atoms with Crippen molar-refractivity contribution in [2.45, 2.75) is 77.9 Å². The van der Waals surface area contributed by atoms with Crippen LogP contribution >= 0.6 is 0 Å². The highest BCUT2D eigenvalue weighted by Crippen LogP contribution is 2.55. The summed E-state index contributed by atoms with van der Waals surface area (Å²) in [4.78, 5) is 0. The summed E-state index contributed by atoms with van der Waals surface area (Å²) in [5.41, 5.74) is 11.8. The molecule has 0 amide bonds. The fraction of sp³-hybridized carbons (Fsp3) is 0.429. The van der Waals surface area contributed by atoms with Crippen molar-refractivity contribution in [3.8, 4) is 0 Å². The van der Waals surface area contributed by atoms with Gasteiger partial charge in [-0.05, 0) is 54.5 Å². The van der Waals surface area contributed by atoms with Crippen molar-refractivity contribution in [1.29, 1.82) is 0 Å². The number of allylic oxidation sites excluding steroid dienone is 3. The molecule has 1 heteroatoms. The molecule has 0 aromatic heterocycles. The Balaban J connectivity index is 1.89. The molecule has 0 spiro atoms. The van der Waals surface area contributed by atoms with Crippen LogP contribution in [0.1, 0.15) is 87.1 Å². The number of hydrogen-bond acceptors (Lipinski definition) is 0. The van der Waals surface area contributed by atoms with Gasteiger partial charge in [-0.25, -0.2) is 0 Å². The molecule has 4 rings (SSSR count). The largest absolute Gasteiger partial charge is 0.0930 e. The van der Waals surface area contributed by atoms with Crippen LogP contribution in [-0.2, 0) is 0 Å². The Morgan fingerprint density at radius 3 is 2.03 bits per heavy atom. The lowest BCUT2D eigenvalue weighted by Gasteiger charge is -2.35. The van der Waals surface area contributed by atoms with Crippen LogP contribution in [0.25, 0.3) is 10.8 Å². The quantitative estimate of drug-likeness (QED) is 0.426. The molecule has 2 aromatic carbocycles. The van der Waals surface area contributed by atoms with E-state index in [2.05, 4.69) is 89.3 Å². The molecule has 0 aliphatic heterocycles. The monoisotopic (exact) mass is 400 g/mol. The summed E-state index contributed by atoms with van der Waals surface area (Å²) in [5, 5.41) is 1.74. The van der Waals surface area contributed by atoms with Crippen molar-refractivity contribution in [2.75, 3.05) is 0 Å². The minimum Gasteiger partial charge on any atom is -0.0659 e. The second-order valence-corrected chi connectivity index (χ2v) is 14.2. The zero-order valence-electron chi connectivity index (χ0n) is 19.1. The molecule has 0 bridgehead atoms. The first kappa shape index (κ1) is 20.4. The summed E-state index contributed by atoms with van der Waals surface area (Å²) in [6.07, 6.45) is 4.95. The molecule has 0 nitrogen and oxygen atoms in total. The van der Waals surface area contributed by atoms with Crippen LogP contribution in [0.5, 0.6) is 0 Å². The Bertz CT molecular complexity index is 989. The van der Waals surface area contributed by atoms with Crippen LogP contribution in [0.4, 0.5) is 0 Å². The molecule has 2 aromatic rings. The number of rotatable bonds is 6. The van der Waals surface area contributed by atoms with Crippen LogP contribution in [-0.4, -0.2) is 8.07 Å². The van der Waals surface area contributed by atoms with Crippen molar-refractivity contribution in [1.82, 2.24) is 0 Å². The van der Waals surface area contributed by atoms with E-state index in [-0.39, 0.29) is 0 Å². The van der Waals surface area contributed by atoms with E-state index >= 15 is 0 Å².